The summed E-state index contributed by atoms with van der Waals surface area (Å²) in [5.41, 5.74) is 2.01. The molecule has 0 unspecified atom stereocenters. The summed E-state index contributed by atoms with van der Waals surface area (Å²) in [6, 6.07) is 12.1. The van der Waals surface area contributed by atoms with Crippen molar-refractivity contribution < 1.29 is 10.2 Å². The van der Waals surface area contributed by atoms with E-state index in [1.54, 1.807) is 36.4 Å². The van der Waals surface area contributed by atoms with Crippen LogP contribution in [0.5, 0.6) is 11.5 Å². The average molecular weight is 212 g/mol. The van der Waals surface area contributed by atoms with E-state index >= 15 is 0 Å². The Bertz CT molecular complexity index is 530. The number of hydrogen-bond acceptors (Lipinski definition) is 2. The second kappa shape index (κ2) is 4.11. The third kappa shape index (κ3) is 1.65. The molecule has 2 rings (SSSR count). The molecule has 0 bridgehead atoms. The van der Waals surface area contributed by atoms with Crippen LogP contribution in [0.3, 0.4) is 0 Å². The van der Waals surface area contributed by atoms with Crippen molar-refractivity contribution in [1.29, 1.82) is 0 Å². The molecular weight excluding hydrogens is 200 g/mol. The van der Waals surface area contributed by atoms with E-state index in [0.29, 0.717) is 11.1 Å². The maximum Gasteiger partial charge on any atom is 0.124 e. The van der Waals surface area contributed by atoms with E-state index in [2.05, 4.69) is 6.58 Å². The van der Waals surface area contributed by atoms with Crippen LogP contribution in [0, 0.1) is 0 Å². The maximum atomic E-state index is 9.84. The fraction of sp³-hybridized carbons (Fsp3) is 0. The Balaban J connectivity index is 2.73. The zero-order valence-corrected chi connectivity index (χ0v) is 8.72. The van der Waals surface area contributed by atoms with Gasteiger partial charge < -0.3 is 10.2 Å². The van der Waals surface area contributed by atoms with Crippen molar-refractivity contribution in [3.05, 3.63) is 54.6 Å². The lowest BCUT2D eigenvalue weighted by Crippen LogP contribution is -1.84. The SMILES string of the molecule is C=Cc1cccc(O)c1-c1ccccc1O. The molecule has 2 N–H and O–H groups in total. The predicted octanol–water partition coefficient (Wildman–Crippen LogP) is 3.41. The van der Waals surface area contributed by atoms with E-state index in [-0.39, 0.29) is 11.5 Å². The van der Waals surface area contributed by atoms with Gasteiger partial charge >= 0.3 is 0 Å². The number of benzene rings is 2. The van der Waals surface area contributed by atoms with Gasteiger partial charge in [-0.05, 0) is 17.7 Å². The molecule has 2 nitrogen and oxygen atoms in total. The molecule has 80 valence electrons. The van der Waals surface area contributed by atoms with Crippen molar-refractivity contribution in [3.8, 4) is 22.6 Å². The lowest BCUT2D eigenvalue weighted by Gasteiger charge is -2.10. The highest BCUT2D eigenvalue weighted by atomic mass is 16.3. The summed E-state index contributed by atoms with van der Waals surface area (Å²) in [6.07, 6.45) is 1.65. The van der Waals surface area contributed by atoms with Crippen LogP contribution in [-0.4, -0.2) is 10.2 Å². The summed E-state index contributed by atoms with van der Waals surface area (Å²) < 4.78 is 0. The zero-order chi connectivity index (χ0) is 11.5. The molecule has 0 saturated carbocycles. The van der Waals surface area contributed by atoms with Crippen LogP contribution >= 0.6 is 0 Å². The van der Waals surface area contributed by atoms with Gasteiger partial charge in [-0.1, -0.05) is 43.0 Å². The third-order valence-electron chi connectivity index (χ3n) is 2.47. The average Bonchev–Trinajstić information content (AvgIpc) is 2.30. The normalized spacial score (nSPS) is 10.0. The van der Waals surface area contributed by atoms with Crippen LogP contribution in [0.25, 0.3) is 17.2 Å². The van der Waals surface area contributed by atoms with Crippen LogP contribution in [0.1, 0.15) is 5.56 Å². The van der Waals surface area contributed by atoms with Gasteiger partial charge in [-0.25, -0.2) is 0 Å². The molecule has 16 heavy (non-hydrogen) atoms. The number of para-hydroxylation sites is 1. The summed E-state index contributed by atoms with van der Waals surface area (Å²) in [5.74, 6) is 0.283. The Labute approximate surface area is 94.1 Å². The first-order chi connectivity index (χ1) is 7.74. The van der Waals surface area contributed by atoms with Gasteiger partial charge in [0.25, 0.3) is 0 Å². The van der Waals surface area contributed by atoms with E-state index in [4.69, 9.17) is 0 Å². The number of phenols is 2. The molecule has 0 aliphatic carbocycles. The van der Waals surface area contributed by atoms with E-state index in [9.17, 15) is 10.2 Å². The minimum Gasteiger partial charge on any atom is -0.507 e. The van der Waals surface area contributed by atoms with Crippen LogP contribution in [0.15, 0.2) is 49.0 Å². The Morgan fingerprint density at radius 2 is 1.56 bits per heavy atom. The first-order valence-electron chi connectivity index (χ1n) is 4.97. The number of aromatic hydroxyl groups is 2. The van der Waals surface area contributed by atoms with E-state index < -0.39 is 0 Å². The van der Waals surface area contributed by atoms with E-state index in [1.165, 1.54) is 0 Å². The summed E-state index contributed by atoms with van der Waals surface area (Å²) in [7, 11) is 0. The Morgan fingerprint density at radius 1 is 0.875 bits per heavy atom. The van der Waals surface area contributed by atoms with Crippen molar-refractivity contribution in [2.45, 2.75) is 0 Å². The van der Waals surface area contributed by atoms with Crippen molar-refractivity contribution in [1.82, 2.24) is 0 Å². The van der Waals surface area contributed by atoms with Crippen molar-refractivity contribution >= 4 is 6.08 Å². The minimum atomic E-state index is 0.138. The highest BCUT2D eigenvalue weighted by molar-refractivity contribution is 5.82. The van der Waals surface area contributed by atoms with Crippen LogP contribution in [0.2, 0.25) is 0 Å². The van der Waals surface area contributed by atoms with Crippen LogP contribution in [0.4, 0.5) is 0 Å². The highest BCUT2D eigenvalue weighted by Crippen LogP contribution is 2.37. The Kier molecular flexibility index (Phi) is 2.64. The van der Waals surface area contributed by atoms with Gasteiger partial charge in [-0.2, -0.15) is 0 Å². The van der Waals surface area contributed by atoms with Crippen molar-refractivity contribution in [3.63, 3.8) is 0 Å². The topological polar surface area (TPSA) is 40.5 Å². The fourth-order valence-electron chi connectivity index (χ4n) is 1.71. The lowest BCUT2D eigenvalue weighted by molar-refractivity contribution is 0.469. The molecule has 2 heteroatoms. The smallest absolute Gasteiger partial charge is 0.124 e. The molecule has 0 saturated heterocycles. The molecule has 2 aromatic rings. The van der Waals surface area contributed by atoms with Crippen LogP contribution in [-0.2, 0) is 0 Å². The number of rotatable bonds is 2. The highest BCUT2D eigenvalue weighted by Gasteiger charge is 2.11. The molecule has 2 aromatic carbocycles. The van der Waals surface area contributed by atoms with Gasteiger partial charge in [0.15, 0.2) is 0 Å². The van der Waals surface area contributed by atoms with Crippen molar-refractivity contribution in [2.24, 2.45) is 0 Å². The molecule has 0 spiro atoms. The minimum absolute atomic E-state index is 0.138. The predicted molar refractivity (Wildman–Crippen MR) is 65.3 cm³/mol. The molecule has 0 amide bonds. The molecule has 0 aromatic heterocycles. The first kappa shape index (κ1) is 10.3. The molecule has 0 atom stereocenters. The van der Waals surface area contributed by atoms with Gasteiger partial charge in [0, 0.05) is 11.1 Å². The number of hydrogen-bond donors (Lipinski definition) is 2. The van der Waals surface area contributed by atoms with E-state index in [1.807, 2.05) is 12.1 Å². The van der Waals surface area contributed by atoms with Gasteiger partial charge in [-0.15, -0.1) is 0 Å². The van der Waals surface area contributed by atoms with E-state index in [0.717, 1.165) is 5.56 Å². The molecule has 0 fully saturated rings. The lowest BCUT2D eigenvalue weighted by atomic mass is 9.98. The first-order valence-corrected chi connectivity index (χ1v) is 4.97. The molecule has 0 aliphatic rings. The van der Waals surface area contributed by atoms with Gasteiger partial charge in [0.2, 0.25) is 0 Å². The molecule has 0 heterocycles. The third-order valence-corrected chi connectivity index (χ3v) is 2.47. The second-order valence-electron chi connectivity index (χ2n) is 3.46. The van der Waals surface area contributed by atoms with Gasteiger partial charge in [0.1, 0.15) is 11.5 Å². The standard InChI is InChI=1S/C14H12O2/c1-2-10-6-5-9-13(16)14(10)11-7-3-4-8-12(11)15/h2-9,15-16H,1H2. The Morgan fingerprint density at radius 3 is 2.25 bits per heavy atom. The molecule has 0 aliphatic heterocycles. The summed E-state index contributed by atoms with van der Waals surface area (Å²) in [5, 5.41) is 19.6. The van der Waals surface area contributed by atoms with Gasteiger partial charge in [-0.3, -0.25) is 0 Å². The van der Waals surface area contributed by atoms with Gasteiger partial charge in [0.05, 0.1) is 0 Å². The molecular formula is C14H12O2. The fourth-order valence-corrected chi connectivity index (χ4v) is 1.71. The summed E-state index contributed by atoms with van der Waals surface area (Å²) in [6.45, 7) is 3.70. The monoisotopic (exact) mass is 212 g/mol. The zero-order valence-electron chi connectivity index (χ0n) is 8.72. The largest absolute Gasteiger partial charge is 0.507 e. The second-order valence-corrected chi connectivity index (χ2v) is 3.46. The number of phenolic OH excluding ortho intramolecular Hbond substituents is 2. The Hall–Kier alpha value is -2.22. The summed E-state index contributed by atoms with van der Waals surface area (Å²) in [4.78, 5) is 0. The summed E-state index contributed by atoms with van der Waals surface area (Å²) >= 11 is 0. The van der Waals surface area contributed by atoms with Crippen molar-refractivity contribution in [2.75, 3.05) is 0 Å². The maximum absolute atomic E-state index is 9.84. The van der Waals surface area contributed by atoms with Crippen LogP contribution < -0.4 is 0 Å². The quantitative estimate of drug-likeness (QED) is 0.800. The molecule has 0 radical (unpaired) electrons.